The third kappa shape index (κ3) is 2.61. The maximum absolute atomic E-state index is 5.99. The Kier molecular flexibility index (Phi) is 3.16. The molecule has 15 heavy (non-hydrogen) atoms. The summed E-state index contributed by atoms with van der Waals surface area (Å²) in [6, 6.07) is 0. The van der Waals surface area contributed by atoms with Crippen molar-refractivity contribution >= 4 is 29.1 Å². The largest absolute Gasteiger partial charge is 0.353 e. The maximum atomic E-state index is 5.99. The minimum atomic E-state index is 0.449. The van der Waals surface area contributed by atoms with Gasteiger partial charge in [-0.25, -0.2) is 0 Å². The Bertz CT molecular complexity index is 337. The average Bonchev–Trinajstić information content (AvgIpc) is 2.49. The molecule has 1 aliphatic heterocycles. The number of hydrogen-bond acceptors (Lipinski definition) is 4. The number of nitrogens with zero attached hydrogens (tertiary/aromatic N) is 3. The quantitative estimate of drug-likeness (QED) is 0.761. The van der Waals surface area contributed by atoms with Crippen LogP contribution in [0.4, 0.5) is 5.82 Å². The van der Waals surface area contributed by atoms with Gasteiger partial charge in [-0.3, -0.25) is 0 Å². The molecule has 0 amide bonds. The van der Waals surface area contributed by atoms with Gasteiger partial charge in [-0.2, -0.15) is 8.75 Å². The summed E-state index contributed by atoms with van der Waals surface area (Å²) < 4.78 is 8.27. The number of aromatic nitrogens is 2. The smallest absolute Gasteiger partial charge is 0.187 e. The van der Waals surface area contributed by atoms with Crippen molar-refractivity contribution in [1.29, 1.82) is 0 Å². The molecule has 0 bridgehead atoms. The molecular formula is C10H16ClN3S. The van der Waals surface area contributed by atoms with Gasteiger partial charge in [-0.05, 0) is 24.7 Å². The standard InChI is InChI=1S/C10H16ClN3S/c1-10(2)4-3-6-14(7-5-10)9-8(11)12-15-13-9/h3-7H2,1-2H3. The van der Waals surface area contributed by atoms with Crippen LogP contribution in [0.5, 0.6) is 0 Å². The number of halogens is 1. The molecule has 1 fully saturated rings. The third-order valence-electron chi connectivity index (χ3n) is 3.07. The molecule has 0 radical (unpaired) electrons. The van der Waals surface area contributed by atoms with Gasteiger partial charge >= 0.3 is 0 Å². The highest BCUT2D eigenvalue weighted by Crippen LogP contribution is 2.33. The summed E-state index contributed by atoms with van der Waals surface area (Å²) in [5.41, 5.74) is 0.449. The van der Waals surface area contributed by atoms with E-state index in [0.29, 0.717) is 10.6 Å². The molecule has 0 atom stereocenters. The first-order valence-corrected chi connectivity index (χ1v) is 6.42. The van der Waals surface area contributed by atoms with Crippen molar-refractivity contribution in [2.45, 2.75) is 33.1 Å². The second-order valence-corrected chi connectivity index (χ2v) is 5.77. The highest BCUT2D eigenvalue weighted by Gasteiger charge is 2.25. The SMILES string of the molecule is CC1(C)CCCN(c2nsnc2Cl)CC1. The van der Waals surface area contributed by atoms with E-state index < -0.39 is 0 Å². The maximum Gasteiger partial charge on any atom is 0.187 e. The third-order valence-corrected chi connectivity index (χ3v) is 3.94. The lowest BCUT2D eigenvalue weighted by Crippen LogP contribution is -2.25. The van der Waals surface area contributed by atoms with E-state index in [1.165, 1.54) is 31.0 Å². The molecule has 1 aliphatic rings. The van der Waals surface area contributed by atoms with Gasteiger partial charge in [0.2, 0.25) is 0 Å². The summed E-state index contributed by atoms with van der Waals surface area (Å²) in [6.07, 6.45) is 3.68. The van der Waals surface area contributed by atoms with Crippen LogP contribution in [-0.4, -0.2) is 21.8 Å². The molecule has 2 heterocycles. The fraction of sp³-hybridized carbons (Fsp3) is 0.800. The summed E-state index contributed by atoms with van der Waals surface area (Å²) in [5.74, 6) is 0.874. The Morgan fingerprint density at radius 3 is 2.73 bits per heavy atom. The summed E-state index contributed by atoms with van der Waals surface area (Å²) >= 11 is 7.19. The van der Waals surface area contributed by atoms with E-state index in [9.17, 15) is 0 Å². The first kappa shape index (κ1) is 11.1. The van der Waals surface area contributed by atoms with Crippen molar-refractivity contribution < 1.29 is 0 Å². The topological polar surface area (TPSA) is 29.0 Å². The Balaban J connectivity index is 2.09. The zero-order valence-electron chi connectivity index (χ0n) is 9.16. The lowest BCUT2D eigenvalue weighted by molar-refractivity contribution is 0.325. The van der Waals surface area contributed by atoms with Gasteiger partial charge in [0.1, 0.15) is 0 Å². The highest BCUT2D eigenvalue weighted by molar-refractivity contribution is 6.99. The number of anilines is 1. The van der Waals surface area contributed by atoms with Crippen LogP contribution >= 0.6 is 23.3 Å². The summed E-state index contributed by atoms with van der Waals surface area (Å²) in [7, 11) is 0. The number of hydrogen-bond donors (Lipinski definition) is 0. The number of rotatable bonds is 1. The molecule has 84 valence electrons. The van der Waals surface area contributed by atoms with Gasteiger partial charge in [0.25, 0.3) is 0 Å². The Morgan fingerprint density at radius 1 is 1.27 bits per heavy atom. The second-order valence-electron chi connectivity index (χ2n) is 4.88. The zero-order chi connectivity index (χ0) is 10.9. The van der Waals surface area contributed by atoms with Crippen LogP contribution < -0.4 is 4.90 Å². The van der Waals surface area contributed by atoms with Crippen LogP contribution in [0.2, 0.25) is 5.15 Å². The molecule has 0 spiro atoms. The molecule has 1 saturated heterocycles. The molecule has 1 aromatic rings. The van der Waals surface area contributed by atoms with Crippen molar-refractivity contribution in [2.75, 3.05) is 18.0 Å². The molecular weight excluding hydrogens is 230 g/mol. The summed E-state index contributed by atoms with van der Waals surface area (Å²) in [4.78, 5) is 2.26. The first-order valence-electron chi connectivity index (χ1n) is 5.31. The van der Waals surface area contributed by atoms with Crippen molar-refractivity contribution in [3.8, 4) is 0 Å². The minimum Gasteiger partial charge on any atom is -0.353 e. The van der Waals surface area contributed by atoms with Gasteiger partial charge < -0.3 is 4.90 Å². The van der Waals surface area contributed by atoms with Gasteiger partial charge in [0.15, 0.2) is 11.0 Å². The Morgan fingerprint density at radius 2 is 2.07 bits per heavy atom. The van der Waals surface area contributed by atoms with E-state index in [4.69, 9.17) is 11.6 Å². The van der Waals surface area contributed by atoms with Gasteiger partial charge in [0, 0.05) is 13.1 Å². The fourth-order valence-electron chi connectivity index (χ4n) is 2.00. The monoisotopic (exact) mass is 245 g/mol. The predicted octanol–water partition coefficient (Wildman–Crippen LogP) is 3.21. The molecule has 0 unspecified atom stereocenters. The van der Waals surface area contributed by atoms with Gasteiger partial charge in [-0.1, -0.05) is 25.4 Å². The molecule has 0 saturated carbocycles. The minimum absolute atomic E-state index is 0.449. The predicted molar refractivity (Wildman–Crippen MR) is 64.8 cm³/mol. The van der Waals surface area contributed by atoms with E-state index in [0.717, 1.165) is 18.9 Å². The molecule has 0 aromatic carbocycles. The Hall–Kier alpha value is -0.350. The van der Waals surface area contributed by atoms with E-state index in [1.54, 1.807) is 0 Å². The van der Waals surface area contributed by atoms with Crippen molar-refractivity contribution in [3.63, 3.8) is 0 Å². The van der Waals surface area contributed by atoms with Crippen LogP contribution in [0.25, 0.3) is 0 Å². The molecule has 0 aliphatic carbocycles. The summed E-state index contributed by atoms with van der Waals surface area (Å²) in [6.45, 7) is 6.75. The average molecular weight is 246 g/mol. The molecule has 2 rings (SSSR count). The van der Waals surface area contributed by atoms with Crippen LogP contribution in [0.1, 0.15) is 33.1 Å². The van der Waals surface area contributed by atoms with Gasteiger partial charge in [0.05, 0.1) is 11.7 Å². The normalized spacial score (nSPS) is 21.4. The van der Waals surface area contributed by atoms with E-state index in [2.05, 4.69) is 27.5 Å². The first-order chi connectivity index (χ1) is 7.08. The van der Waals surface area contributed by atoms with Crippen LogP contribution in [-0.2, 0) is 0 Å². The van der Waals surface area contributed by atoms with Gasteiger partial charge in [-0.15, -0.1) is 0 Å². The van der Waals surface area contributed by atoms with Crippen LogP contribution in [0.3, 0.4) is 0 Å². The molecule has 0 N–H and O–H groups in total. The molecule has 1 aromatic heterocycles. The lowest BCUT2D eigenvalue weighted by atomic mass is 9.85. The lowest BCUT2D eigenvalue weighted by Gasteiger charge is -2.23. The molecule has 5 heteroatoms. The fourth-order valence-corrected chi connectivity index (χ4v) is 2.77. The van der Waals surface area contributed by atoms with Crippen LogP contribution in [0, 0.1) is 5.41 Å². The second kappa shape index (κ2) is 4.26. The van der Waals surface area contributed by atoms with E-state index in [-0.39, 0.29) is 0 Å². The molecule has 3 nitrogen and oxygen atoms in total. The summed E-state index contributed by atoms with van der Waals surface area (Å²) in [5, 5.41) is 0.555. The van der Waals surface area contributed by atoms with E-state index in [1.807, 2.05) is 0 Å². The van der Waals surface area contributed by atoms with E-state index >= 15 is 0 Å². The highest BCUT2D eigenvalue weighted by atomic mass is 35.5. The van der Waals surface area contributed by atoms with Crippen molar-refractivity contribution in [3.05, 3.63) is 5.15 Å². The van der Waals surface area contributed by atoms with Crippen LogP contribution in [0.15, 0.2) is 0 Å². The zero-order valence-corrected chi connectivity index (χ0v) is 10.7. The Labute approximate surface area is 99.8 Å². The van der Waals surface area contributed by atoms with Crippen molar-refractivity contribution in [1.82, 2.24) is 8.75 Å². The van der Waals surface area contributed by atoms with Crippen molar-refractivity contribution in [2.24, 2.45) is 5.41 Å².